The number of carboxylic acids is 1. The highest BCUT2D eigenvalue weighted by atomic mass is 32.2. The summed E-state index contributed by atoms with van der Waals surface area (Å²) in [6.07, 6.45) is 1.24. The molecule has 0 amide bonds. The molecule has 4 N–H and O–H groups in total. The Hall–Kier alpha value is -1.64. The molecule has 116 valence electrons. The van der Waals surface area contributed by atoms with Crippen LogP contribution in [0.15, 0.2) is 23.1 Å². The fraction of sp³-hybridized carbons (Fsp3) is 0.462. The van der Waals surface area contributed by atoms with Gasteiger partial charge in [-0.2, -0.15) is 4.31 Å². The fourth-order valence-corrected chi connectivity index (χ4v) is 4.29. The van der Waals surface area contributed by atoms with Crippen molar-refractivity contribution in [3.8, 4) is 0 Å². The van der Waals surface area contributed by atoms with Gasteiger partial charge in [-0.3, -0.25) is 0 Å². The van der Waals surface area contributed by atoms with Crippen LogP contribution in [0.25, 0.3) is 0 Å². The van der Waals surface area contributed by atoms with E-state index in [1.807, 2.05) is 6.92 Å². The summed E-state index contributed by atoms with van der Waals surface area (Å²) < 4.78 is 26.0. The Kier molecular flexibility index (Phi) is 3.96. The summed E-state index contributed by atoms with van der Waals surface area (Å²) in [5.41, 5.74) is 4.38. The van der Waals surface area contributed by atoms with Crippen LogP contribution in [0.3, 0.4) is 0 Å². The molecular formula is C13H18N2O5S. The lowest BCUT2D eigenvalue weighted by atomic mass is 9.92. The minimum absolute atomic E-state index is 0.0307. The van der Waals surface area contributed by atoms with E-state index >= 15 is 0 Å². The van der Waals surface area contributed by atoms with E-state index in [0.29, 0.717) is 6.42 Å². The number of benzene rings is 1. The number of sulfonamides is 1. The van der Waals surface area contributed by atoms with E-state index in [2.05, 4.69) is 0 Å². The highest BCUT2D eigenvalue weighted by Gasteiger charge is 2.47. The van der Waals surface area contributed by atoms with E-state index in [1.165, 1.54) is 12.1 Å². The maximum Gasteiger partial charge on any atom is 0.337 e. The summed E-state index contributed by atoms with van der Waals surface area (Å²) in [5.74, 6) is -1.34. The van der Waals surface area contributed by atoms with Crippen molar-refractivity contribution in [2.45, 2.75) is 30.3 Å². The lowest BCUT2D eigenvalue weighted by Gasteiger charge is -2.45. The first-order valence-electron chi connectivity index (χ1n) is 6.55. The Morgan fingerprint density at radius 3 is 2.57 bits per heavy atom. The summed E-state index contributed by atoms with van der Waals surface area (Å²) in [5, 5.41) is 19.2. The molecule has 1 aliphatic heterocycles. The Labute approximate surface area is 123 Å². The molecule has 2 rings (SSSR count). The zero-order valence-electron chi connectivity index (χ0n) is 11.6. The molecule has 8 heteroatoms. The van der Waals surface area contributed by atoms with Gasteiger partial charge in [-0.25, -0.2) is 13.2 Å². The first-order chi connectivity index (χ1) is 9.69. The Morgan fingerprint density at radius 1 is 1.43 bits per heavy atom. The van der Waals surface area contributed by atoms with Crippen LogP contribution < -0.4 is 5.73 Å². The van der Waals surface area contributed by atoms with E-state index in [4.69, 9.17) is 10.8 Å². The Morgan fingerprint density at radius 2 is 2.05 bits per heavy atom. The average Bonchev–Trinajstić information content (AvgIpc) is 2.35. The van der Waals surface area contributed by atoms with Crippen molar-refractivity contribution in [2.24, 2.45) is 0 Å². The number of nitrogens with two attached hydrogens (primary N) is 1. The normalized spacial score (nSPS) is 18.2. The molecule has 0 saturated carbocycles. The molecule has 0 atom stereocenters. The van der Waals surface area contributed by atoms with E-state index in [1.54, 1.807) is 0 Å². The van der Waals surface area contributed by atoms with Crippen LogP contribution in [0.5, 0.6) is 0 Å². The number of hydrogen-bond acceptors (Lipinski definition) is 5. The lowest BCUT2D eigenvalue weighted by molar-refractivity contribution is -0.0653. The summed E-state index contributed by atoms with van der Waals surface area (Å²) in [6, 6.07) is 3.64. The summed E-state index contributed by atoms with van der Waals surface area (Å²) in [7, 11) is -3.98. The van der Waals surface area contributed by atoms with Crippen molar-refractivity contribution < 1.29 is 23.4 Å². The van der Waals surface area contributed by atoms with E-state index in [-0.39, 0.29) is 29.2 Å². The van der Waals surface area contributed by atoms with Gasteiger partial charge in [0.25, 0.3) is 0 Å². The first-order valence-corrected chi connectivity index (χ1v) is 7.99. The predicted octanol–water partition coefficient (Wildman–Crippen LogP) is 0.503. The van der Waals surface area contributed by atoms with Gasteiger partial charge >= 0.3 is 5.97 Å². The highest BCUT2D eigenvalue weighted by Crippen LogP contribution is 2.33. The summed E-state index contributed by atoms with van der Waals surface area (Å²) >= 11 is 0. The van der Waals surface area contributed by atoms with Crippen molar-refractivity contribution >= 4 is 21.7 Å². The molecule has 0 spiro atoms. The largest absolute Gasteiger partial charge is 0.478 e. The number of β-amino-alcohol motifs (C(OH)–C–C–N with tert-alkyl or cyclic N) is 1. The number of nitrogen functional groups attached to an aromatic ring is 1. The van der Waals surface area contributed by atoms with Gasteiger partial charge in [0.2, 0.25) is 10.0 Å². The molecule has 7 nitrogen and oxygen atoms in total. The van der Waals surface area contributed by atoms with Gasteiger partial charge in [0.15, 0.2) is 0 Å². The minimum atomic E-state index is -3.98. The SMILES string of the molecule is CCCC1(O)CN(S(=O)(=O)c2cc(N)ccc2C(=O)O)C1. The number of rotatable bonds is 5. The van der Waals surface area contributed by atoms with Crippen LogP contribution in [0.2, 0.25) is 0 Å². The second-order valence-electron chi connectivity index (χ2n) is 5.31. The van der Waals surface area contributed by atoms with Crippen LogP contribution in [-0.4, -0.2) is 47.6 Å². The first kappa shape index (κ1) is 15.7. The van der Waals surface area contributed by atoms with E-state index in [9.17, 15) is 18.3 Å². The second kappa shape index (κ2) is 5.28. The van der Waals surface area contributed by atoms with Gasteiger partial charge in [-0.15, -0.1) is 0 Å². The smallest absolute Gasteiger partial charge is 0.337 e. The zero-order valence-corrected chi connectivity index (χ0v) is 12.4. The van der Waals surface area contributed by atoms with Crippen LogP contribution in [-0.2, 0) is 10.0 Å². The molecule has 1 aromatic carbocycles. The van der Waals surface area contributed by atoms with Crippen molar-refractivity contribution in [1.29, 1.82) is 0 Å². The molecule has 1 saturated heterocycles. The van der Waals surface area contributed by atoms with E-state index in [0.717, 1.165) is 16.8 Å². The molecule has 0 unspecified atom stereocenters. The number of carbonyl (C=O) groups is 1. The fourth-order valence-electron chi connectivity index (χ4n) is 2.47. The van der Waals surface area contributed by atoms with Crippen LogP contribution >= 0.6 is 0 Å². The van der Waals surface area contributed by atoms with Crippen molar-refractivity contribution in [1.82, 2.24) is 4.31 Å². The van der Waals surface area contributed by atoms with Crippen molar-refractivity contribution in [3.05, 3.63) is 23.8 Å². The topological polar surface area (TPSA) is 121 Å². The lowest BCUT2D eigenvalue weighted by Crippen LogP contribution is -2.63. The maximum atomic E-state index is 12.5. The maximum absolute atomic E-state index is 12.5. The molecule has 1 aromatic rings. The average molecular weight is 314 g/mol. The molecular weight excluding hydrogens is 296 g/mol. The number of aliphatic hydroxyl groups is 1. The van der Waals surface area contributed by atoms with Crippen LogP contribution in [0.4, 0.5) is 5.69 Å². The molecule has 1 heterocycles. The third kappa shape index (κ3) is 2.87. The Bertz CT molecular complexity index is 665. The van der Waals surface area contributed by atoms with Gasteiger partial charge in [-0.05, 0) is 24.6 Å². The van der Waals surface area contributed by atoms with Crippen molar-refractivity contribution in [3.63, 3.8) is 0 Å². The van der Waals surface area contributed by atoms with Crippen molar-refractivity contribution in [2.75, 3.05) is 18.8 Å². The monoisotopic (exact) mass is 314 g/mol. The third-order valence-electron chi connectivity index (χ3n) is 3.51. The number of hydrogen-bond donors (Lipinski definition) is 3. The molecule has 21 heavy (non-hydrogen) atoms. The van der Waals surface area contributed by atoms with E-state index < -0.39 is 21.6 Å². The van der Waals surface area contributed by atoms with Gasteiger partial charge in [0.1, 0.15) is 0 Å². The summed E-state index contributed by atoms with van der Waals surface area (Å²) in [4.78, 5) is 10.8. The minimum Gasteiger partial charge on any atom is -0.478 e. The number of anilines is 1. The number of carboxylic acid groups (broad SMARTS) is 1. The van der Waals surface area contributed by atoms with Gasteiger partial charge in [-0.1, -0.05) is 13.3 Å². The van der Waals surface area contributed by atoms with Crippen LogP contribution in [0, 0.1) is 0 Å². The molecule has 1 fully saturated rings. The highest BCUT2D eigenvalue weighted by molar-refractivity contribution is 7.89. The quantitative estimate of drug-likeness (QED) is 0.681. The Balaban J connectivity index is 2.34. The second-order valence-corrected chi connectivity index (χ2v) is 7.21. The zero-order chi connectivity index (χ0) is 15.8. The summed E-state index contributed by atoms with van der Waals surface area (Å²) in [6.45, 7) is 1.84. The van der Waals surface area contributed by atoms with Gasteiger partial charge in [0.05, 0.1) is 16.1 Å². The number of aromatic carboxylic acids is 1. The molecule has 0 bridgehead atoms. The molecule has 0 aromatic heterocycles. The van der Waals surface area contributed by atoms with Gasteiger partial charge in [0, 0.05) is 18.8 Å². The standard InChI is InChI=1S/C13H18N2O5S/c1-2-5-13(18)7-15(8-13)21(19,20)11-6-9(14)3-4-10(11)12(16)17/h3-4,6,18H,2,5,7-8,14H2,1H3,(H,16,17). The molecule has 0 aliphatic carbocycles. The molecule has 0 radical (unpaired) electrons. The van der Waals surface area contributed by atoms with Crippen LogP contribution in [0.1, 0.15) is 30.1 Å². The predicted molar refractivity (Wildman–Crippen MR) is 76.4 cm³/mol. The number of nitrogens with zero attached hydrogens (tertiary/aromatic N) is 1. The molecule has 1 aliphatic rings. The van der Waals surface area contributed by atoms with Gasteiger partial charge < -0.3 is 15.9 Å². The third-order valence-corrected chi connectivity index (χ3v) is 5.34.